The molecule has 0 aliphatic rings. The molecule has 0 aliphatic carbocycles. The van der Waals surface area contributed by atoms with Gasteiger partial charge in [0.15, 0.2) is 0 Å². The Labute approximate surface area is 119 Å². The molecule has 20 heavy (non-hydrogen) atoms. The number of carbonyl (C=O) groups excluding carboxylic acids is 1. The van der Waals surface area contributed by atoms with Crippen molar-refractivity contribution in [3.8, 4) is 0 Å². The van der Waals surface area contributed by atoms with Crippen LogP contribution in [0.3, 0.4) is 0 Å². The minimum absolute atomic E-state index is 0.204. The van der Waals surface area contributed by atoms with E-state index in [1.54, 1.807) is 0 Å². The summed E-state index contributed by atoms with van der Waals surface area (Å²) >= 11 is 0. The summed E-state index contributed by atoms with van der Waals surface area (Å²) in [5.74, 6) is 0.566. The highest BCUT2D eigenvalue weighted by molar-refractivity contribution is 7.88. The summed E-state index contributed by atoms with van der Waals surface area (Å²) in [6, 6.07) is 0. The number of nitrogens with zero attached hydrogens (tertiary/aromatic N) is 3. The smallest absolute Gasteiger partial charge is 0.254 e. The lowest BCUT2D eigenvalue weighted by atomic mass is 10.2. The van der Waals surface area contributed by atoms with Crippen LogP contribution >= 0.6 is 0 Å². The van der Waals surface area contributed by atoms with Crippen molar-refractivity contribution in [3.05, 3.63) is 23.8 Å². The maximum absolute atomic E-state index is 11.8. The van der Waals surface area contributed by atoms with Gasteiger partial charge in [-0.2, -0.15) is 0 Å². The lowest BCUT2D eigenvalue weighted by Gasteiger charge is -2.14. The second kappa shape index (κ2) is 6.76. The van der Waals surface area contributed by atoms with Crippen molar-refractivity contribution in [3.63, 3.8) is 0 Å². The second-order valence-corrected chi connectivity index (χ2v) is 6.91. The van der Waals surface area contributed by atoms with E-state index in [1.807, 2.05) is 13.8 Å². The van der Waals surface area contributed by atoms with Crippen molar-refractivity contribution < 1.29 is 13.2 Å². The number of nitrogens with one attached hydrogen (secondary N) is 1. The summed E-state index contributed by atoms with van der Waals surface area (Å²) in [4.78, 5) is 20.0. The van der Waals surface area contributed by atoms with E-state index in [0.717, 1.165) is 6.26 Å². The van der Waals surface area contributed by atoms with Crippen LogP contribution in [0.15, 0.2) is 12.4 Å². The lowest BCUT2D eigenvalue weighted by Crippen LogP contribution is -2.35. The average molecular weight is 300 g/mol. The summed E-state index contributed by atoms with van der Waals surface area (Å²) in [7, 11) is -1.76. The molecule has 1 rings (SSSR count). The first-order chi connectivity index (χ1) is 9.21. The number of likely N-dealkylation sites (N-methyl/N-ethyl adjacent to an activating group) is 1. The van der Waals surface area contributed by atoms with Gasteiger partial charge in [-0.05, 0) is 0 Å². The van der Waals surface area contributed by atoms with Crippen LogP contribution in [-0.4, -0.2) is 55.0 Å². The number of carbonyl (C=O) groups is 1. The maximum atomic E-state index is 11.8. The van der Waals surface area contributed by atoms with Crippen molar-refractivity contribution in [1.29, 1.82) is 0 Å². The van der Waals surface area contributed by atoms with E-state index in [2.05, 4.69) is 15.3 Å². The van der Waals surface area contributed by atoms with Gasteiger partial charge >= 0.3 is 0 Å². The molecule has 0 radical (unpaired) electrons. The zero-order chi connectivity index (χ0) is 15.3. The van der Waals surface area contributed by atoms with Crippen LogP contribution < -0.4 is 5.32 Å². The monoisotopic (exact) mass is 300 g/mol. The molecule has 1 N–H and O–H groups in total. The number of aromatic nitrogens is 2. The molecule has 0 atom stereocenters. The number of sulfonamides is 1. The first-order valence-electron chi connectivity index (χ1n) is 6.23. The number of amides is 1. The molecule has 0 bridgehead atoms. The van der Waals surface area contributed by atoms with E-state index in [1.165, 1.54) is 23.7 Å². The van der Waals surface area contributed by atoms with Gasteiger partial charge in [0.2, 0.25) is 10.0 Å². The molecule has 0 saturated heterocycles. The van der Waals surface area contributed by atoms with Crippen LogP contribution in [0.4, 0.5) is 0 Å². The van der Waals surface area contributed by atoms with E-state index < -0.39 is 10.0 Å². The Kier molecular flexibility index (Phi) is 5.58. The lowest BCUT2D eigenvalue weighted by molar-refractivity contribution is 0.0951. The van der Waals surface area contributed by atoms with Crippen molar-refractivity contribution >= 4 is 15.9 Å². The zero-order valence-corrected chi connectivity index (χ0v) is 12.9. The first kappa shape index (κ1) is 16.5. The molecule has 0 saturated carbocycles. The Morgan fingerprint density at radius 3 is 2.35 bits per heavy atom. The van der Waals surface area contributed by atoms with Crippen molar-refractivity contribution in [2.45, 2.75) is 19.8 Å². The topological polar surface area (TPSA) is 92.3 Å². The van der Waals surface area contributed by atoms with Gasteiger partial charge in [-0.15, -0.1) is 0 Å². The number of rotatable bonds is 6. The Balaban J connectivity index is 2.51. The van der Waals surface area contributed by atoms with E-state index in [4.69, 9.17) is 0 Å². The Hall–Kier alpha value is -1.54. The minimum Gasteiger partial charge on any atom is -0.351 e. The predicted molar refractivity (Wildman–Crippen MR) is 75.9 cm³/mol. The SMILES string of the molecule is CC(C)c1ncc(C(=O)NCCN(C)S(C)(=O)=O)cn1. The van der Waals surface area contributed by atoms with Gasteiger partial charge in [-0.25, -0.2) is 22.7 Å². The van der Waals surface area contributed by atoms with Crippen LogP contribution in [0.2, 0.25) is 0 Å². The molecule has 0 aromatic carbocycles. The van der Waals surface area contributed by atoms with Gasteiger partial charge in [0, 0.05) is 38.4 Å². The van der Waals surface area contributed by atoms with Gasteiger partial charge in [0.1, 0.15) is 5.82 Å². The Morgan fingerprint density at radius 1 is 1.35 bits per heavy atom. The van der Waals surface area contributed by atoms with Crippen molar-refractivity contribution in [2.24, 2.45) is 0 Å². The number of hydrogen-bond acceptors (Lipinski definition) is 5. The maximum Gasteiger partial charge on any atom is 0.254 e. The van der Waals surface area contributed by atoms with E-state index in [9.17, 15) is 13.2 Å². The number of hydrogen-bond donors (Lipinski definition) is 1. The van der Waals surface area contributed by atoms with E-state index >= 15 is 0 Å². The largest absolute Gasteiger partial charge is 0.351 e. The van der Waals surface area contributed by atoms with E-state index in [-0.39, 0.29) is 24.9 Å². The highest BCUT2D eigenvalue weighted by Crippen LogP contribution is 2.07. The summed E-state index contributed by atoms with van der Waals surface area (Å²) in [6.45, 7) is 4.38. The van der Waals surface area contributed by atoms with Gasteiger partial charge in [0.05, 0.1) is 11.8 Å². The molecule has 0 spiro atoms. The highest BCUT2D eigenvalue weighted by Gasteiger charge is 2.12. The minimum atomic E-state index is -3.22. The fourth-order valence-corrected chi connectivity index (χ4v) is 1.77. The Morgan fingerprint density at radius 2 is 1.90 bits per heavy atom. The molecular weight excluding hydrogens is 280 g/mol. The van der Waals surface area contributed by atoms with Gasteiger partial charge in [-0.1, -0.05) is 13.8 Å². The zero-order valence-electron chi connectivity index (χ0n) is 12.1. The van der Waals surface area contributed by atoms with E-state index in [0.29, 0.717) is 11.4 Å². The van der Waals surface area contributed by atoms with Gasteiger partial charge in [0.25, 0.3) is 5.91 Å². The molecular formula is C12H20N4O3S. The molecule has 7 nitrogen and oxygen atoms in total. The third-order valence-corrected chi connectivity index (χ3v) is 4.04. The molecule has 112 valence electrons. The molecule has 0 fully saturated rings. The molecule has 1 amide bonds. The molecule has 1 aromatic heterocycles. The first-order valence-corrected chi connectivity index (χ1v) is 8.08. The Bertz CT molecular complexity index is 555. The standard InChI is InChI=1S/C12H20N4O3S/c1-9(2)11-14-7-10(8-15-11)12(17)13-5-6-16(3)20(4,18)19/h7-9H,5-6H2,1-4H3,(H,13,17). The third-order valence-electron chi connectivity index (χ3n) is 2.73. The summed E-state index contributed by atoms with van der Waals surface area (Å²) < 4.78 is 23.5. The fraction of sp³-hybridized carbons (Fsp3) is 0.583. The molecule has 0 aliphatic heterocycles. The third kappa shape index (κ3) is 4.86. The summed E-state index contributed by atoms with van der Waals surface area (Å²) in [6.07, 6.45) is 4.06. The second-order valence-electron chi connectivity index (χ2n) is 4.83. The molecule has 1 aromatic rings. The molecule has 0 unspecified atom stereocenters. The molecule has 1 heterocycles. The van der Waals surface area contributed by atoms with Crippen LogP contribution in [0, 0.1) is 0 Å². The van der Waals surface area contributed by atoms with Crippen molar-refractivity contribution in [1.82, 2.24) is 19.6 Å². The normalized spacial score (nSPS) is 11.9. The van der Waals surface area contributed by atoms with Crippen LogP contribution in [0.5, 0.6) is 0 Å². The van der Waals surface area contributed by atoms with Gasteiger partial charge in [-0.3, -0.25) is 4.79 Å². The molecule has 8 heteroatoms. The predicted octanol–water partition coefficient (Wildman–Crippen LogP) is 0.221. The average Bonchev–Trinajstić information content (AvgIpc) is 2.37. The van der Waals surface area contributed by atoms with Crippen LogP contribution in [0.1, 0.15) is 35.9 Å². The fourth-order valence-electron chi connectivity index (χ4n) is 1.35. The van der Waals surface area contributed by atoms with Crippen molar-refractivity contribution in [2.75, 3.05) is 26.4 Å². The quantitative estimate of drug-likeness (QED) is 0.811. The highest BCUT2D eigenvalue weighted by atomic mass is 32.2. The summed E-state index contributed by atoms with van der Waals surface area (Å²) in [5.41, 5.74) is 0.358. The van der Waals surface area contributed by atoms with Gasteiger partial charge < -0.3 is 5.32 Å². The summed E-state index contributed by atoms with van der Waals surface area (Å²) in [5, 5.41) is 2.63. The van der Waals surface area contributed by atoms with Crippen LogP contribution in [-0.2, 0) is 10.0 Å². The van der Waals surface area contributed by atoms with Crippen LogP contribution in [0.25, 0.3) is 0 Å².